The molecule has 2 rings (SSSR count). The van der Waals surface area contributed by atoms with Crippen molar-refractivity contribution in [2.75, 3.05) is 0 Å². The Kier molecular flexibility index (Phi) is 4.27. The fraction of sp³-hybridized carbons (Fsp3) is 0.0769. The molecule has 0 saturated heterocycles. The quantitative estimate of drug-likeness (QED) is 0.348. The van der Waals surface area contributed by atoms with E-state index in [0.29, 0.717) is 5.56 Å². The van der Waals surface area contributed by atoms with Crippen LogP contribution >= 0.6 is 11.6 Å². The van der Waals surface area contributed by atoms with Crippen molar-refractivity contribution in [2.24, 2.45) is 10.9 Å². The predicted molar refractivity (Wildman–Crippen MR) is 73.8 cm³/mol. The lowest BCUT2D eigenvalue weighted by molar-refractivity contribution is 0.0918. The Bertz CT molecular complexity index is 625. The lowest BCUT2D eigenvalue weighted by Crippen LogP contribution is -2.37. The van der Waals surface area contributed by atoms with Crippen LogP contribution in [0.5, 0.6) is 0 Å². The Morgan fingerprint density at radius 2 is 2.00 bits per heavy atom. The summed E-state index contributed by atoms with van der Waals surface area (Å²) in [6.07, 6.45) is 0. The summed E-state index contributed by atoms with van der Waals surface area (Å²) in [7, 11) is 0. The molecule has 20 heavy (non-hydrogen) atoms. The zero-order valence-corrected chi connectivity index (χ0v) is 11.0. The van der Waals surface area contributed by atoms with Crippen LogP contribution in [-0.2, 0) is 0 Å². The van der Waals surface area contributed by atoms with E-state index in [4.69, 9.17) is 27.0 Å². The maximum absolute atomic E-state index is 12.0. The molecule has 0 aliphatic heterocycles. The summed E-state index contributed by atoms with van der Waals surface area (Å²) in [5.41, 5.74) is 6.28. The molecule has 0 spiro atoms. The molecule has 0 fully saturated rings. The molecule has 1 unspecified atom stereocenters. The van der Waals surface area contributed by atoms with Crippen LogP contribution in [0.1, 0.15) is 22.2 Å². The molecule has 0 aliphatic carbocycles. The van der Waals surface area contributed by atoms with E-state index in [-0.39, 0.29) is 16.8 Å². The van der Waals surface area contributed by atoms with Gasteiger partial charge in [0.2, 0.25) is 0 Å². The fourth-order valence-electron chi connectivity index (χ4n) is 1.67. The SMILES string of the molecule is N/C(=N/O)C(NC(=O)c1ccc(Cl)o1)c1ccccc1. The van der Waals surface area contributed by atoms with Crippen LogP contribution < -0.4 is 11.1 Å². The van der Waals surface area contributed by atoms with Crippen molar-refractivity contribution in [3.63, 3.8) is 0 Å². The zero-order chi connectivity index (χ0) is 14.5. The van der Waals surface area contributed by atoms with Gasteiger partial charge >= 0.3 is 0 Å². The van der Waals surface area contributed by atoms with Gasteiger partial charge in [-0.3, -0.25) is 4.79 Å². The molecular formula is C13H12ClN3O3. The largest absolute Gasteiger partial charge is 0.440 e. The van der Waals surface area contributed by atoms with Crippen molar-refractivity contribution in [2.45, 2.75) is 6.04 Å². The number of halogens is 1. The first kappa shape index (κ1) is 14.0. The van der Waals surface area contributed by atoms with E-state index in [2.05, 4.69) is 10.5 Å². The second kappa shape index (κ2) is 6.12. The van der Waals surface area contributed by atoms with E-state index in [0.717, 1.165) is 0 Å². The average Bonchev–Trinajstić information content (AvgIpc) is 2.91. The number of carbonyl (C=O) groups is 1. The van der Waals surface area contributed by atoms with Gasteiger partial charge in [0.25, 0.3) is 5.91 Å². The minimum absolute atomic E-state index is 0.0432. The van der Waals surface area contributed by atoms with Gasteiger partial charge in [-0.15, -0.1) is 0 Å². The predicted octanol–water partition coefficient (Wildman–Crippen LogP) is 2.15. The summed E-state index contributed by atoms with van der Waals surface area (Å²) in [6, 6.07) is 11.0. The van der Waals surface area contributed by atoms with Gasteiger partial charge in [-0.1, -0.05) is 35.5 Å². The molecular weight excluding hydrogens is 282 g/mol. The van der Waals surface area contributed by atoms with E-state index in [1.807, 2.05) is 6.07 Å². The molecule has 0 aliphatic rings. The van der Waals surface area contributed by atoms with Crippen molar-refractivity contribution in [1.82, 2.24) is 5.32 Å². The summed E-state index contributed by atoms with van der Waals surface area (Å²) in [6.45, 7) is 0. The third-order valence-electron chi connectivity index (χ3n) is 2.62. The van der Waals surface area contributed by atoms with Gasteiger partial charge in [0, 0.05) is 0 Å². The molecule has 0 radical (unpaired) electrons. The van der Waals surface area contributed by atoms with Gasteiger partial charge in [0.15, 0.2) is 16.8 Å². The summed E-state index contributed by atoms with van der Waals surface area (Å²) in [5, 5.41) is 14.5. The molecule has 7 heteroatoms. The minimum Gasteiger partial charge on any atom is -0.440 e. The topological polar surface area (TPSA) is 101 Å². The molecule has 2 aromatic rings. The van der Waals surface area contributed by atoms with Gasteiger partial charge in [0.05, 0.1) is 0 Å². The molecule has 1 heterocycles. The fourth-order valence-corrected chi connectivity index (χ4v) is 1.82. The van der Waals surface area contributed by atoms with Crippen LogP contribution in [0.2, 0.25) is 5.22 Å². The van der Waals surface area contributed by atoms with Crippen molar-refractivity contribution < 1.29 is 14.4 Å². The number of nitrogens with two attached hydrogens (primary N) is 1. The zero-order valence-electron chi connectivity index (χ0n) is 10.3. The number of oxime groups is 1. The maximum atomic E-state index is 12.0. The van der Waals surface area contributed by atoms with Crippen LogP contribution in [0.4, 0.5) is 0 Å². The molecule has 0 saturated carbocycles. The number of hydrogen-bond acceptors (Lipinski definition) is 4. The van der Waals surface area contributed by atoms with Gasteiger partial charge < -0.3 is 20.7 Å². The first-order valence-corrected chi connectivity index (χ1v) is 6.08. The first-order valence-electron chi connectivity index (χ1n) is 5.70. The molecule has 1 aromatic heterocycles. The average molecular weight is 294 g/mol. The summed E-state index contributed by atoms with van der Waals surface area (Å²) in [5.74, 6) is -0.610. The number of hydrogen-bond donors (Lipinski definition) is 3. The van der Waals surface area contributed by atoms with Crippen LogP contribution in [0.3, 0.4) is 0 Å². The third-order valence-corrected chi connectivity index (χ3v) is 2.82. The summed E-state index contributed by atoms with van der Waals surface area (Å²) in [4.78, 5) is 12.0. The Labute approximate surface area is 119 Å². The van der Waals surface area contributed by atoms with Gasteiger partial charge in [-0.2, -0.15) is 0 Å². The Balaban J connectivity index is 2.23. The minimum atomic E-state index is -0.766. The van der Waals surface area contributed by atoms with Crippen LogP contribution in [0, 0.1) is 0 Å². The number of furan rings is 1. The molecule has 6 nitrogen and oxygen atoms in total. The summed E-state index contributed by atoms with van der Waals surface area (Å²) >= 11 is 5.61. The van der Waals surface area contributed by atoms with E-state index in [1.165, 1.54) is 12.1 Å². The molecule has 4 N–H and O–H groups in total. The van der Waals surface area contributed by atoms with Crippen molar-refractivity contribution in [3.05, 3.63) is 59.0 Å². The highest BCUT2D eigenvalue weighted by Gasteiger charge is 2.21. The monoisotopic (exact) mass is 293 g/mol. The highest BCUT2D eigenvalue weighted by molar-refractivity contribution is 6.29. The third kappa shape index (κ3) is 3.10. The molecule has 1 aromatic carbocycles. The first-order chi connectivity index (χ1) is 9.61. The number of rotatable bonds is 4. The van der Waals surface area contributed by atoms with Crippen LogP contribution in [0.25, 0.3) is 0 Å². The summed E-state index contributed by atoms with van der Waals surface area (Å²) < 4.78 is 5.01. The van der Waals surface area contributed by atoms with Gasteiger partial charge in [0.1, 0.15) is 6.04 Å². The van der Waals surface area contributed by atoms with Crippen LogP contribution in [0.15, 0.2) is 52.0 Å². The van der Waals surface area contributed by atoms with Crippen molar-refractivity contribution in [3.8, 4) is 0 Å². The number of nitrogens with zero attached hydrogens (tertiary/aromatic N) is 1. The van der Waals surface area contributed by atoms with E-state index in [9.17, 15) is 4.79 Å². The number of nitrogens with one attached hydrogen (secondary N) is 1. The molecule has 1 atom stereocenters. The maximum Gasteiger partial charge on any atom is 0.287 e. The van der Waals surface area contributed by atoms with Crippen molar-refractivity contribution in [1.29, 1.82) is 0 Å². The standard InChI is InChI=1S/C13H12ClN3O3/c14-10-7-6-9(20-10)13(18)16-11(12(15)17-19)8-4-2-1-3-5-8/h1-7,11,19H,(H2,15,17)(H,16,18). The second-order valence-corrected chi connectivity index (χ2v) is 4.32. The smallest absolute Gasteiger partial charge is 0.287 e. The van der Waals surface area contributed by atoms with Gasteiger partial charge in [-0.05, 0) is 29.3 Å². The number of amidine groups is 1. The van der Waals surface area contributed by atoms with E-state index in [1.54, 1.807) is 24.3 Å². The normalized spacial score (nSPS) is 12.9. The van der Waals surface area contributed by atoms with Crippen molar-refractivity contribution >= 4 is 23.3 Å². The number of benzene rings is 1. The van der Waals surface area contributed by atoms with Crippen LogP contribution in [-0.4, -0.2) is 17.0 Å². The Hall–Kier alpha value is -2.47. The number of amides is 1. The Morgan fingerprint density at radius 1 is 1.30 bits per heavy atom. The van der Waals surface area contributed by atoms with E-state index < -0.39 is 11.9 Å². The van der Waals surface area contributed by atoms with E-state index >= 15 is 0 Å². The lowest BCUT2D eigenvalue weighted by atomic mass is 10.1. The number of carbonyl (C=O) groups excluding carboxylic acids is 1. The van der Waals surface area contributed by atoms with Gasteiger partial charge in [-0.25, -0.2) is 0 Å². The highest BCUT2D eigenvalue weighted by atomic mass is 35.5. The lowest BCUT2D eigenvalue weighted by Gasteiger charge is -2.16. The second-order valence-electron chi connectivity index (χ2n) is 3.95. The highest BCUT2D eigenvalue weighted by Crippen LogP contribution is 2.16. The molecule has 0 bridgehead atoms. The molecule has 1 amide bonds. The molecule has 104 valence electrons. The Morgan fingerprint density at radius 3 is 2.55 bits per heavy atom.